The van der Waals surface area contributed by atoms with Crippen LogP contribution in [-0.4, -0.2) is 17.0 Å². The summed E-state index contributed by atoms with van der Waals surface area (Å²) in [5.41, 5.74) is 2.23. The summed E-state index contributed by atoms with van der Waals surface area (Å²) in [5.74, 6) is -0.871. The molecule has 2 aromatic rings. The number of nitrogens with one attached hydrogen (secondary N) is 1. The Hall–Kier alpha value is -2.62. The van der Waals surface area contributed by atoms with Gasteiger partial charge in [0.1, 0.15) is 0 Å². The number of hydrogen-bond donors (Lipinski definition) is 2. The number of carbonyl (C=O) groups is 2. The Morgan fingerprint density at radius 3 is 2.24 bits per heavy atom. The molecule has 2 aromatic carbocycles. The molecular formula is C21H23NO3. The minimum Gasteiger partial charge on any atom is -0.481 e. The smallest absolute Gasteiger partial charge is 0.313 e. The molecule has 0 unspecified atom stereocenters. The lowest BCUT2D eigenvalue weighted by Gasteiger charge is -2.20. The molecule has 130 valence electrons. The van der Waals surface area contributed by atoms with Gasteiger partial charge in [0, 0.05) is 5.69 Å². The predicted molar refractivity (Wildman–Crippen MR) is 97.8 cm³/mol. The second kappa shape index (κ2) is 6.03. The monoisotopic (exact) mass is 337 g/mol. The van der Waals surface area contributed by atoms with Crippen molar-refractivity contribution in [3.05, 3.63) is 65.2 Å². The van der Waals surface area contributed by atoms with Crippen molar-refractivity contribution in [3.63, 3.8) is 0 Å². The zero-order valence-corrected chi connectivity index (χ0v) is 14.8. The Morgan fingerprint density at radius 1 is 1.08 bits per heavy atom. The molecule has 1 saturated carbocycles. The molecule has 1 aliphatic carbocycles. The SMILES string of the molecule is Cc1cccc(C2(C(=O)Nc3ccc(C(C)(C)C(=O)O)cc3)CC2)c1. The third-order valence-corrected chi connectivity index (χ3v) is 5.15. The Bertz CT molecular complexity index is 817. The molecule has 0 atom stereocenters. The standard InChI is InChI=1S/C21H23NO3/c1-14-5-4-6-16(13-14)21(11-12-21)18(23)22-17-9-7-15(8-10-17)20(2,3)19(24)25/h4-10,13H,11-12H2,1-3H3,(H,22,23)(H,24,25). The molecular weight excluding hydrogens is 314 g/mol. The molecule has 4 nitrogen and oxygen atoms in total. The number of carboxylic acid groups (broad SMARTS) is 1. The van der Waals surface area contributed by atoms with Crippen LogP contribution in [0.15, 0.2) is 48.5 Å². The molecule has 0 radical (unpaired) electrons. The molecule has 0 saturated heterocycles. The molecule has 4 heteroatoms. The number of amides is 1. The van der Waals surface area contributed by atoms with Crippen molar-refractivity contribution < 1.29 is 14.7 Å². The molecule has 1 aliphatic rings. The van der Waals surface area contributed by atoms with Crippen LogP contribution in [0.1, 0.15) is 43.4 Å². The highest BCUT2D eigenvalue weighted by molar-refractivity contribution is 6.01. The average Bonchev–Trinajstić information content (AvgIpc) is 3.37. The number of benzene rings is 2. The summed E-state index contributed by atoms with van der Waals surface area (Å²) >= 11 is 0. The second-order valence-electron chi connectivity index (χ2n) is 7.41. The third-order valence-electron chi connectivity index (χ3n) is 5.15. The Balaban J connectivity index is 1.77. The van der Waals surface area contributed by atoms with E-state index in [1.165, 1.54) is 0 Å². The lowest BCUT2D eigenvalue weighted by molar-refractivity contribution is -0.142. The molecule has 1 amide bonds. The Kier molecular flexibility index (Phi) is 4.15. The van der Waals surface area contributed by atoms with Gasteiger partial charge in [-0.3, -0.25) is 9.59 Å². The first-order valence-electron chi connectivity index (χ1n) is 8.48. The van der Waals surface area contributed by atoms with Crippen LogP contribution >= 0.6 is 0 Å². The molecule has 0 heterocycles. The fourth-order valence-corrected chi connectivity index (χ4v) is 3.06. The minimum atomic E-state index is -0.957. The summed E-state index contributed by atoms with van der Waals surface area (Å²) in [7, 11) is 0. The van der Waals surface area contributed by atoms with E-state index in [1.807, 2.05) is 25.1 Å². The van der Waals surface area contributed by atoms with Crippen molar-refractivity contribution in [2.45, 2.75) is 44.4 Å². The number of anilines is 1. The van der Waals surface area contributed by atoms with Crippen LogP contribution in [0, 0.1) is 6.92 Å². The first-order valence-corrected chi connectivity index (χ1v) is 8.48. The topological polar surface area (TPSA) is 66.4 Å². The van der Waals surface area contributed by atoms with E-state index in [1.54, 1.807) is 38.1 Å². The maximum atomic E-state index is 12.8. The van der Waals surface area contributed by atoms with Crippen LogP contribution < -0.4 is 5.32 Å². The number of aryl methyl sites for hydroxylation is 1. The van der Waals surface area contributed by atoms with Gasteiger partial charge in [0.2, 0.25) is 5.91 Å². The van der Waals surface area contributed by atoms with Crippen LogP contribution in [0.3, 0.4) is 0 Å². The van der Waals surface area contributed by atoms with Crippen molar-refractivity contribution in [1.82, 2.24) is 0 Å². The lowest BCUT2D eigenvalue weighted by Crippen LogP contribution is -2.29. The Labute approximate surface area is 147 Å². The van der Waals surface area contributed by atoms with Crippen molar-refractivity contribution in [2.75, 3.05) is 5.32 Å². The summed E-state index contributed by atoms with van der Waals surface area (Å²) < 4.78 is 0. The Morgan fingerprint density at radius 2 is 1.72 bits per heavy atom. The number of hydrogen-bond acceptors (Lipinski definition) is 2. The van der Waals surface area contributed by atoms with Crippen molar-refractivity contribution >= 4 is 17.6 Å². The highest BCUT2D eigenvalue weighted by atomic mass is 16.4. The van der Waals surface area contributed by atoms with Gasteiger partial charge in [-0.15, -0.1) is 0 Å². The van der Waals surface area contributed by atoms with E-state index in [0.717, 1.165) is 24.0 Å². The zero-order valence-electron chi connectivity index (χ0n) is 14.8. The number of aliphatic carboxylic acids is 1. The summed E-state index contributed by atoms with van der Waals surface area (Å²) in [5, 5.41) is 12.3. The molecule has 25 heavy (non-hydrogen) atoms. The highest BCUT2D eigenvalue weighted by Crippen LogP contribution is 2.49. The molecule has 0 aliphatic heterocycles. The lowest BCUT2D eigenvalue weighted by atomic mass is 9.85. The van der Waals surface area contributed by atoms with Gasteiger partial charge < -0.3 is 10.4 Å². The van der Waals surface area contributed by atoms with Gasteiger partial charge in [0.25, 0.3) is 0 Å². The van der Waals surface area contributed by atoms with Crippen molar-refractivity contribution in [3.8, 4) is 0 Å². The molecule has 0 spiro atoms. The van der Waals surface area contributed by atoms with Gasteiger partial charge in [-0.05, 0) is 56.9 Å². The van der Waals surface area contributed by atoms with E-state index in [4.69, 9.17) is 0 Å². The van der Waals surface area contributed by atoms with Gasteiger partial charge in [-0.25, -0.2) is 0 Å². The van der Waals surface area contributed by atoms with E-state index >= 15 is 0 Å². The molecule has 0 bridgehead atoms. The maximum absolute atomic E-state index is 12.8. The van der Waals surface area contributed by atoms with Crippen LogP contribution in [-0.2, 0) is 20.4 Å². The minimum absolute atomic E-state index is 0.00310. The largest absolute Gasteiger partial charge is 0.481 e. The number of carbonyl (C=O) groups excluding carboxylic acids is 1. The van der Waals surface area contributed by atoms with E-state index in [9.17, 15) is 14.7 Å². The fourth-order valence-electron chi connectivity index (χ4n) is 3.06. The van der Waals surface area contributed by atoms with Gasteiger partial charge in [0.05, 0.1) is 10.8 Å². The summed E-state index contributed by atoms with van der Waals surface area (Å²) in [6, 6.07) is 15.2. The highest BCUT2D eigenvalue weighted by Gasteiger charge is 2.51. The van der Waals surface area contributed by atoms with Crippen LogP contribution in [0.4, 0.5) is 5.69 Å². The first kappa shape index (κ1) is 17.2. The molecule has 2 N–H and O–H groups in total. The maximum Gasteiger partial charge on any atom is 0.313 e. The van der Waals surface area contributed by atoms with Gasteiger partial charge in [-0.1, -0.05) is 42.0 Å². The van der Waals surface area contributed by atoms with Gasteiger partial charge in [-0.2, -0.15) is 0 Å². The number of carboxylic acids is 1. The zero-order chi connectivity index (χ0) is 18.2. The van der Waals surface area contributed by atoms with Gasteiger partial charge in [0.15, 0.2) is 0 Å². The molecule has 1 fully saturated rings. The van der Waals surface area contributed by atoms with E-state index in [-0.39, 0.29) is 5.91 Å². The number of rotatable bonds is 5. The average molecular weight is 337 g/mol. The first-order chi connectivity index (χ1) is 11.8. The summed E-state index contributed by atoms with van der Waals surface area (Å²) in [6.45, 7) is 5.36. The van der Waals surface area contributed by atoms with E-state index < -0.39 is 16.8 Å². The van der Waals surface area contributed by atoms with E-state index in [2.05, 4.69) is 11.4 Å². The predicted octanol–water partition coefficient (Wildman–Crippen LogP) is 4.03. The second-order valence-corrected chi connectivity index (χ2v) is 7.41. The van der Waals surface area contributed by atoms with Crippen LogP contribution in [0.2, 0.25) is 0 Å². The third kappa shape index (κ3) is 3.16. The van der Waals surface area contributed by atoms with Crippen molar-refractivity contribution in [1.29, 1.82) is 0 Å². The fraction of sp³-hybridized carbons (Fsp3) is 0.333. The molecule has 0 aromatic heterocycles. The normalized spacial score (nSPS) is 15.5. The summed E-state index contributed by atoms with van der Waals surface area (Å²) in [4.78, 5) is 24.1. The van der Waals surface area contributed by atoms with Crippen LogP contribution in [0.5, 0.6) is 0 Å². The van der Waals surface area contributed by atoms with Crippen molar-refractivity contribution in [2.24, 2.45) is 0 Å². The molecule has 3 rings (SSSR count). The van der Waals surface area contributed by atoms with Crippen LogP contribution in [0.25, 0.3) is 0 Å². The van der Waals surface area contributed by atoms with Gasteiger partial charge >= 0.3 is 5.97 Å². The quantitative estimate of drug-likeness (QED) is 0.866. The summed E-state index contributed by atoms with van der Waals surface area (Å²) in [6.07, 6.45) is 1.71. The van der Waals surface area contributed by atoms with E-state index in [0.29, 0.717) is 11.3 Å².